The first-order chi connectivity index (χ1) is 36.4. The van der Waals surface area contributed by atoms with Gasteiger partial charge in [-0.2, -0.15) is 0 Å². The van der Waals surface area contributed by atoms with Crippen LogP contribution in [0.25, 0.3) is 44.3 Å². The number of aryl methyl sites for hydroxylation is 6. The predicted molar refractivity (Wildman–Crippen MR) is 295 cm³/mol. The van der Waals surface area contributed by atoms with Gasteiger partial charge >= 0.3 is 6.09 Å². The van der Waals surface area contributed by atoms with Gasteiger partial charge in [-0.25, -0.2) is 19.3 Å². The van der Waals surface area contributed by atoms with Crippen molar-refractivity contribution in [2.75, 3.05) is 0 Å². The fourth-order valence-electron chi connectivity index (χ4n) is 9.65. The van der Waals surface area contributed by atoms with E-state index in [-0.39, 0.29) is 11.7 Å². The smallest absolute Gasteiger partial charge is 0.420 e. The number of carbonyl (C=O) groups excluding carboxylic acids is 2. The summed E-state index contributed by atoms with van der Waals surface area (Å²) in [5.41, 5.74) is 10.3. The van der Waals surface area contributed by atoms with Crippen molar-refractivity contribution >= 4 is 49.9 Å². The van der Waals surface area contributed by atoms with Gasteiger partial charge in [-0.1, -0.05) is 85.9 Å². The van der Waals surface area contributed by atoms with Gasteiger partial charge in [-0.05, 0) is 165 Å². The zero-order valence-electron chi connectivity index (χ0n) is 44.0. The molecule has 0 aliphatic heterocycles. The molecule has 0 bridgehead atoms. The Morgan fingerprint density at radius 1 is 0.697 bits per heavy atom. The second-order valence-corrected chi connectivity index (χ2v) is 21.7. The number of nitrogens with zero attached hydrogens (tertiary/aromatic N) is 7. The topological polar surface area (TPSA) is 188 Å². The third kappa shape index (κ3) is 10.5. The Morgan fingerprint density at radius 2 is 1.33 bits per heavy atom. The summed E-state index contributed by atoms with van der Waals surface area (Å²) >= 11 is 3.36. The van der Waals surface area contributed by atoms with Crippen molar-refractivity contribution in [3.05, 3.63) is 200 Å². The van der Waals surface area contributed by atoms with Crippen LogP contribution in [0, 0.1) is 41.5 Å². The molecule has 0 radical (unpaired) electrons. The molecule has 2 aliphatic rings. The summed E-state index contributed by atoms with van der Waals surface area (Å²) in [7, 11) is 0. The van der Waals surface area contributed by atoms with Crippen LogP contribution < -0.4 is 0 Å². The lowest BCUT2D eigenvalue weighted by atomic mass is 9.80. The van der Waals surface area contributed by atoms with E-state index in [1.165, 1.54) is 10.1 Å². The first-order valence-electron chi connectivity index (χ1n) is 25.5. The number of halogens is 1. The van der Waals surface area contributed by atoms with Crippen LogP contribution in [0.5, 0.6) is 0 Å². The average molecular weight is 1080 g/mol. The molecule has 2 aliphatic carbocycles. The van der Waals surface area contributed by atoms with E-state index in [0.29, 0.717) is 56.7 Å². The van der Waals surface area contributed by atoms with Crippen molar-refractivity contribution in [3.63, 3.8) is 0 Å². The van der Waals surface area contributed by atoms with Gasteiger partial charge in [0.2, 0.25) is 5.78 Å². The Kier molecular flexibility index (Phi) is 14.0. The Labute approximate surface area is 449 Å². The SMILES string of the molecule is Cc1cccc(Br)c1.Cc1cccc(C(O)(c2ccccn2)c2cc(-c3c(C)noc3C)cc3[nH]c(C4CC4)nc23)c1.Cc1noc(C)c1-c1cc(C(=O)c2ccccn2)c2nc(C3CC3)n(C(=O)OC(C)(C)C)c2c1. The Morgan fingerprint density at radius 3 is 1.87 bits per heavy atom. The summed E-state index contributed by atoms with van der Waals surface area (Å²) in [6.45, 7) is 17.1. The zero-order valence-corrected chi connectivity index (χ0v) is 45.6. The van der Waals surface area contributed by atoms with E-state index in [0.717, 1.165) is 91.8 Å². The largest absolute Gasteiger partial charge is 0.443 e. The highest BCUT2D eigenvalue weighted by Crippen LogP contribution is 2.46. The maximum absolute atomic E-state index is 13.6. The highest BCUT2D eigenvalue weighted by atomic mass is 79.9. The third-order valence-electron chi connectivity index (χ3n) is 13.5. The second kappa shape index (κ2) is 20.7. The highest BCUT2D eigenvalue weighted by Gasteiger charge is 2.40. The minimum absolute atomic E-state index is 0.153. The molecular formula is C61H59BrN8O6. The minimum Gasteiger partial charge on any atom is -0.443 e. The quantitative estimate of drug-likeness (QED) is 0.130. The van der Waals surface area contributed by atoms with Gasteiger partial charge in [-0.15, -0.1) is 0 Å². The van der Waals surface area contributed by atoms with E-state index < -0.39 is 17.3 Å². The van der Waals surface area contributed by atoms with Gasteiger partial charge in [0.25, 0.3) is 0 Å². The Balaban J connectivity index is 0.000000151. The Hall–Kier alpha value is -7.88. The van der Waals surface area contributed by atoms with E-state index in [1.807, 2.05) is 122 Å². The van der Waals surface area contributed by atoms with Crippen molar-refractivity contribution in [2.45, 2.75) is 111 Å². The molecule has 1 atom stereocenters. The van der Waals surface area contributed by atoms with Crippen molar-refractivity contribution in [1.29, 1.82) is 0 Å². The van der Waals surface area contributed by atoms with E-state index in [4.69, 9.17) is 23.8 Å². The molecule has 4 aromatic carbocycles. The molecule has 15 heteroatoms. The van der Waals surface area contributed by atoms with E-state index in [9.17, 15) is 14.7 Å². The Bertz CT molecular complexity index is 3730. The summed E-state index contributed by atoms with van der Waals surface area (Å²) in [5.74, 6) is 3.29. The van der Waals surface area contributed by atoms with E-state index >= 15 is 0 Å². The number of imidazole rings is 2. The van der Waals surface area contributed by atoms with Crippen molar-refractivity contribution in [2.24, 2.45) is 0 Å². The number of nitrogens with one attached hydrogen (secondary N) is 1. The molecule has 0 saturated heterocycles. The number of hydrogen-bond donors (Lipinski definition) is 2. The number of rotatable bonds is 9. The van der Waals surface area contributed by atoms with Gasteiger partial charge < -0.3 is 23.9 Å². The molecule has 1 unspecified atom stereocenters. The van der Waals surface area contributed by atoms with Gasteiger partial charge in [0.05, 0.1) is 39.2 Å². The second-order valence-electron chi connectivity index (χ2n) is 20.8. The highest BCUT2D eigenvalue weighted by molar-refractivity contribution is 9.10. The van der Waals surface area contributed by atoms with Crippen molar-refractivity contribution in [3.8, 4) is 22.3 Å². The molecule has 0 amide bonds. The molecule has 76 heavy (non-hydrogen) atoms. The molecule has 2 saturated carbocycles. The maximum Gasteiger partial charge on any atom is 0.420 e. The van der Waals surface area contributed by atoms with E-state index in [1.54, 1.807) is 36.7 Å². The summed E-state index contributed by atoms with van der Waals surface area (Å²) in [6, 6.07) is 34.7. The van der Waals surface area contributed by atoms with Crippen LogP contribution in [0.2, 0.25) is 0 Å². The summed E-state index contributed by atoms with van der Waals surface area (Å²) < 4.78 is 19.3. The van der Waals surface area contributed by atoms with Crippen molar-refractivity contribution < 1.29 is 28.5 Å². The number of benzene rings is 4. The van der Waals surface area contributed by atoms with Crippen LogP contribution >= 0.6 is 15.9 Å². The molecule has 0 spiro atoms. The number of aromatic amines is 1. The number of carbonyl (C=O) groups is 2. The van der Waals surface area contributed by atoms with E-state index in [2.05, 4.69) is 66.3 Å². The summed E-state index contributed by atoms with van der Waals surface area (Å²) in [5, 5.41) is 20.8. The number of aliphatic hydroxyl groups is 1. The lowest BCUT2D eigenvalue weighted by molar-refractivity contribution is 0.0538. The first kappa shape index (κ1) is 51.6. The summed E-state index contributed by atoms with van der Waals surface area (Å²) in [6.07, 6.45) is 6.92. The van der Waals surface area contributed by atoms with Gasteiger partial charge in [0, 0.05) is 45.4 Å². The van der Waals surface area contributed by atoms with Crippen LogP contribution in [-0.4, -0.2) is 62.4 Å². The van der Waals surface area contributed by atoms with Crippen LogP contribution in [0.3, 0.4) is 0 Å². The molecule has 2 fully saturated rings. The standard InChI is InChI=1S/C28H26N4O2.C26H26N4O4.C7H7Br/c1-16-7-6-8-21(13-16)28(33,24-9-4-5-12-29-24)22-14-20(25-17(2)32-34-18(25)3)15-23-26(22)31-27(30-23)19-10-11-19;1-14-21(15(2)34-29-14)17-12-18(23(31)19-8-6-7-11-27-19)22-20(13-17)30(24(28-22)16-9-10-16)25(32)33-26(3,4)5;1-6-3-2-4-7(8)5-6/h4-9,12-15,19,33H,10-11H2,1-3H3,(H,30,31);6-8,11-13,16H,9-10H2,1-5H3;2-5H,1H3. The average Bonchev–Trinajstić information content (AvgIpc) is 4.38. The van der Waals surface area contributed by atoms with Crippen LogP contribution in [0.4, 0.5) is 4.79 Å². The first-order valence-corrected chi connectivity index (χ1v) is 26.3. The zero-order chi connectivity index (χ0) is 53.6. The number of H-pyrrole nitrogens is 1. The fraction of sp³-hybridized carbons (Fsp3) is 0.279. The maximum atomic E-state index is 13.6. The molecule has 6 aromatic heterocycles. The fourth-order valence-corrected chi connectivity index (χ4v) is 10.2. The van der Waals surface area contributed by atoms with Crippen LogP contribution in [0.15, 0.2) is 135 Å². The number of fused-ring (bicyclic) bond motifs is 2. The molecule has 10 aromatic rings. The normalized spacial score (nSPS) is 14.1. The number of pyridine rings is 2. The van der Waals surface area contributed by atoms with Crippen LogP contribution in [-0.2, 0) is 10.3 Å². The minimum atomic E-state index is -1.50. The number of ketones is 1. The summed E-state index contributed by atoms with van der Waals surface area (Å²) in [4.78, 5) is 49.1. The van der Waals surface area contributed by atoms with Crippen LogP contribution in [0.1, 0.15) is 137 Å². The number of ether oxygens (including phenoxy) is 1. The molecule has 6 heterocycles. The van der Waals surface area contributed by atoms with Crippen molar-refractivity contribution in [1.82, 2.24) is 39.8 Å². The van der Waals surface area contributed by atoms with Gasteiger partial charge in [0.15, 0.2) is 5.60 Å². The lowest BCUT2D eigenvalue weighted by Crippen LogP contribution is -2.30. The third-order valence-corrected chi connectivity index (χ3v) is 14.0. The molecular weight excluding hydrogens is 1020 g/mol. The number of hydrogen-bond acceptors (Lipinski definition) is 12. The molecule has 386 valence electrons. The lowest BCUT2D eigenvalue weighted by Gasteiger charge is -2.30. The molecule has 14 nitrogen and oxygen atoms in total. The predicted octanol–water partition coefficient (Wildman–Crippen LogP) is 14.1. The molecule has 12 rings (SSSR count). The monoisotopic (exact) mass is 1080 g/mol. The van der Waals surface area contributed by atoms with Gasteiger partial charge in [0.1, 0.15) is 40.0 Å². The van der Waals surface area contributed by atoms with Gasteiger partial charge in [-0.3, -0.25) is 14.8 Å². The number of aromatic nitrogens is 8. The molecule has 2 N–H and O–H groups in total.